The summed E-state index contributed by atoms with van der Waals surface area (Å²) in [5.74, 6) is 0.523. The topological polar surface area (TPSA) is 59.0 Å². The van der Waals surface area contributed by atoms with E-state index in [1.807, 2.05) is 20.8 Å². The zero-order chi connectivity index (χ0) is 18.6. The van der Waals surface area contributed by atoms with E-state index in [4.69, 9.17) is 32.7 Å². The number of hydrogen-bond donors (Lipinski definition) is 1. The summed E-state index contributed by atoms with van der Waals surface area (Å²) in [4.78, 5) is 13.8. The van der Waals surface area contributed by atoms with E-state index < -0.39 is 11.2 Å². The molecular weight excluding hydrogens is 365 g/mol. The van der Waals surface area contributed by atoms with Gasteiger partial charge in [-0.1, -0.05) is 23.2 Å². The van der Waals surface area contributed by atoms with Crippen molar-refractivity contribution in [3.63, 3.8) is 0 Å². The fourth-order valence-corrected chi connectivity index (χ4v) is 4.43. The lowest BCUT2D eigenvalue weighted by Gasteiger charge is -2.62. The summed E-state index contributed by atoms with van der Waals surface area (Å²) in [5.41, 5.74) is -1.16. The van der Waals surface area contributed by atoms with Crippen LogP contribution < -0.4 is 4.74 Å². The molecule has 0 bridgehead atoms. The smallest absolute Gasteiger partial charge is 0.410 e. The van der Waals surface area contributed by atoms with Crippen LogP contribution in [0.15, 0.2) is 12.1 Å². The number of hydrogen-bond acceptors (Lipinski definition) is 4. The van der Waals surface area contributed by atoms with Crippen LogP contribution in [0.1, 0.15) is 39.2 Å². The van der Waals surface area contributed by atoms with Gasteiger partial charge >= 0.3 is 6.09 Å². The largest absolute Gasteiger partial charge is 0.496 e. The molecule has 0 aromatic heterocycles. The van der Waals surface area contributed by atoms with Crippen molar-refractivity contribution >= 4 is 29.3 Å². The number of rotatable bonds is 2. The molecule has 0 radical (unpaired) electrons. The normalized spacial score (nSPS) is 20.7. The first kappa shape index (κ1) is 18.6. The summed E-state index contributed by atoms with van der Waals surface area (Å²) >= 11 is 12.4. The fourth-order valence-electron chi connectivity index (χ4n) is 3.95. The van der Waals surface area contributed by atoms with E-state index in [0.29, 0.717) is 47.3 Å². The number of nitrogens with zero attached hydrogens (tertiary/aromatic N) is 1. The van der Waals surface area contributed by atoms with Crippen molar-refractivity contribution in [2.45, 2.75) is 44.8 Å². The monoisotopic (exact) mass is 387 g/mol. The maximum Gasteiger partial charge on any atom is 0.410 e. The number of benzene rings is 1. The van der Waals surface area contributed by atoms with Crippen LogP contribution in [-0.4, -0.2) is 41.9 Å². The highest BCUT2D eigenvalue weighted by Crippen LogP contribution is 2.61. The van der Waals surface area contributed by atoms with Gasteiger partial charge in [0.1, 0.15) is 11.4 Å². The van der Waals surface area contributed by atoms with Gasteiger partial charge in [0.25, 0.3) is 0 Å². The van der Waals surface area contributed by atoms with E-state index in [1.54, 1.807) is 17.0 Å². The fraction of sp³-hybridized carbons (Fsp3) is 0.611. The van der Waals surface area contributed by atoms with Crippen molar-refractivity contribution in [2.75, 3.05) is 20.2 Å². The van der Waals surface area contributed by atoms with Crippen LogP contribution in [0, 0.1) is 5.41 Å². The lowest BCUT2D eigenvalue weighted by Crippen LogP contribution is -2.68. The Hall–Kier alpha value is -1.17. The number of carbonyl (C=O) groups is 1. The molecule has 1 heterocycles. The average Bonchev–Trinajstić information content (AvgIpc) is 2.42. The van der Waals surface area contributed by atoms with Crippen molar-refractivity contribution in [1.29, 1.82) is 0 Å². The van der Waals surface area contributed by atoms with Crippen molar-refractivity contribution in [2.24, 2.45) is 5.41 Å². The Kier molecular flexibility index (Phi) is 4.42. The molecule has 1 aliphatic heterocycles. The molecule has 3 rings (SSSR count). The molecule has 1 amide bonds. The number of likely N-dealkylation sites (tertiary alicyclic amines) is 1. The standard InChI is InChI=1S/C18H23Cl2NO4/c1-16(2,3)25-15(22)21-9-17(10-21)7-18(23,8-17)13-12(24-4)6-5-11(19)14(13)20/h5-6,23H,7-10H2,1-4H3. The van der Waals surface area contributed by atoms with Gasteiger partial charge in [0.05, 0.1) is 22.8 Å². The van der Waals surface area contributed by atoms with E-state index >= 15 is 0 Å². The highest BCUT2D eigenvalue weighted by molar-refractivity contribution is 6.42. The lowest BCUT2D eigenvalue weighted by atomic mass is 9.53. The van der Waals surface area contributed by atoms with Gasteiger partial charge in [0.2, 0.25) is 0 Å². The van der Waals surface area contributed by atoms with Gasteiger partial charge in [-0.15, -0.1) is 0 Å². The number of aliphatic hydroxyl groups is 1. The molecule has 1 spiro atoms. The molecule has 1 N–H and O–H groups in total. The van der Waals surface area contributed by atoms with Crippen LogP contribution in [0.5, 0.6) is 5.75 Å². The SMILES string of the molecule is COc1ccc(Cl)c(Cl)c1C1(O)CC2(CN(C(=O)OC(C)(C)C)C2)C1. The Balaban J connectivity index is 1.69. The number of ether oxygens (including phenoxy) is 2. The van der Waals surface area contributed by atoms with Crippen molar-refractivity contribution in [1.82, 2.24) is 4.90 Å². The third-order valence-electron chi connectivity index (χ3n) is 4.78. The Bertz CT molecular complexity index is 700. The molecule has 1 aromatic rings. The Morgan fingerprint density at radius 1 is 1.24 bits per heavy atom. The molecule has 0 unspecified atom stereocenters. The molecule has 7 heteroatoms. The van der Waals surface area contributed by atoms with Crippen LogP contribution >= 0.6 is 23.2 Å². The van der Waals surface area contributed by atoms with Gasteiger partial charge in [-0.2, -0.15) is 0 Å². The second kappa shape index (κ2) is 5.93. The predicted molar refractivity (Wildman–Crippen MR) is 96.4 cm³/mol. The van der Waals surface area contributed by atoms with Gasteiger partial charge in [-0.3, -0.25) is 0 Å². The summed E-state index contributed by atoms with van der Waals surface area (Å²) in [5, 5.41) is 11.8. The first-order valence-electron chi connectivity index (χ1n) is 8.21. The second-order valence-electron chi connectivity index (χ2n) is 8.16. The molecule has 2 fully saturated rings. The third kappa shape index (κ3) is 3.29. The van der Waals surface area contributed by atoms with Crippen molar-refractivity contribution < 1.29 is 19.4 Å². The Morgan fingerprint density at radius 3 is 2.36 bits per heavy atom. The zero-order valence-electron chi connectivity index (χ0n) is 14.9. The van der Waals surface area contributed by atoms with E-state index in [-0.39, 0.29) is 11.5 Å². The van der Waals surface area contributed by atoms with E-state index in [2.05, 4.69) is 0 Å². The molecule has 0 atom stereocenters. The molecule has 25 heavy (non-hydrogen) atoms. The van der Waals surface area contributed by atoms with Crippen molar-refractivity contribution in [3.05, 3.63) is 27.7 Å². The average molecular weight is 388 g/mol. The highest BCUT2D eigenvalue weighted by Gasteiger charge is 2.62. The quantitative estimate of drug-likeness (QED) is 0.824. The molecule has 1 saturated heterocycles. The van der Waals surface area contributed by atoms with Gasteiger partial charge in [0, 0.05) is 24.1 Å². The minimum absolute atomic E-state index is 0.0949. The number of amides is 1. The summed E-state index contributed by atoms with van der Waals surface area (Å²) in [7, 11) is 1.54. The minimum Gasteiger partial charge on any atom is -0.496 e. The molecule has 2 aliphatic rings. The van der Waals surface area contributed by atoms with Crippen LogP contribution in [0.2, 0.25) is 10.0 Å². The Morgan fingerprint density at radius 2 is 1.84 bits per heavy atom. The van der Waals surface area contributed by atoms with Gasteiger partial charge in [-0.25, -0.2) is 4.79 Å². The zero-order valence-corrected chi connectivity index (χ0v) is 16.4. The molecular formula is C18H23Cl2NO4. The summed E-state index contributed by atoms with van der Waals surface area (Å²) in [6.45, 7) is 6.68. The number of methoxy groups -OCH3 is 1. The van der Waals surface area contributed by atoms with Gasteiger partial charge < -0.3 is 19.5 Å². The van der Waals surface area contributed by atoms with Gasteiger partial charge in [-0.05, 0) is 45.7 Å². The van der Waals surface area contributed by atoms with E-state index in [1.165, 1.54) is 7.11 Å². The number of carbonyl (C=O) groups excluding carboxylic acids is 1. The first-order valence-corrected chi connectivity index (χ1v) is 8.97. The first-order chi connectivity index (χ1) is 11.5. The molecule has 1 aliphatic carbocycles. The lowest BCUT2D eigenvalue weighted by molar-refractivity contribution is -0.190. The molecule has 1 saturated carbocycles. The van der Waals surface area contributed by atoms with Crippen molar-refractivity contribution in [3.8, 4) is 5.75 Å². The van der Waals surface area contributed by atoms with E-state index in [0.717, 1.165) is 0 Å². The molecule has 138 valence electrons. The summed E-state index contributed by atoms with van der Waals surface area (Å²) < 4.78 is 10.7. The number of halogens is 2. The summed E-state index contributed by atoms with van der Waals surface area (Å²) in [6, 6.07) is 3.36. The van der Waals surface area contributed by atoms with Gasteiger partial charge in [0.15, 0.2) is 0 Å². The molecule has 1 aromatic carbocycles. The van der Waals surface area contributed by atoms with Crippen LogP contribution in [-0.2, 0) is 10.3 Å². The minimum atomic E-state index is -1.09. The Labute approximate surface area is 157 Å². The van der Waals surface area contributed by atoms with E-state index in [9.17, 15) is 9.90 Å². The van der Waals surface area contributed by atoms with Crippen LogP contribution in [0.4, 0.5) is 4.79 Å². The molecule has 5 nitrogen and oxygen atoms in total. The highest BCUT2D eigenvalue weighted by atomic mass is 35.5. The maximum absolute atomic E-state index is 12.1. The summed E-state index contributed by atoms with van der Waals surface area (Å²) in [6.07, 6.45) is 0.706. The third-order valence-corrected chi connectivity index (χ3v) is 5.59. The van der Waals surface area contributed by atoms with Crippen LogP contribution in [0.3, 0.4) is 0 Å². The second-order valence-corrected chi connectivity index (χ2v) is 8.95. The predicted octanol–water partition coefficient (Wildman–Crippen LogP) is 4.22. The van der Waals surface area contributed by atoms with Crippen LogP contribution in [0.25, 0.3) is 0 Å². The maximum atomic E-state index is 12.1.